The number of aromatic nitrogens is 2. The Morgan fingerprint density at radius 1 is 1.30 bits per heavy atom. The van der Waals surface area contributed by atoms with E-state index in [1.54, 1.807) is 30.7 Å². The van der Waals surface area contributed by atoms with E-state index >= 15 is 0 Å². The lowest BCUT2D eigenvalue weighted by molar-refractivity contribution is 0.0920. The first-order valence-electron chi connectivity index (χ1n) is 7.81. The molecule has 6 nitrogen and oxygen atoms in total. The van der Waals surface area contributed by atoms with Gasteiger partial charge in [0.2, 0.25) is 0 Å². The van der Waals surface area contributed by atoms with Gasteiger partial charge in [-0.1, -0.05) is 0 Å². The molecule has 1 aliphatic rings. The van der Waals surface area contributed by atoms with Crippen molar-refractivity contribution in [2.45, 2.75) is 25.5 Å². The maximum atomic E-state index is 12.5. The smallest absolute Gasteiger partial charge is 0.274 e. The van der Waals surface area contributed by atoms with Crippen molar-refractivity contribution < 1.29 is 9.53 Å². The van der Waals surface area contributed by atoms with Crippen molar-refractivity contribution in [2.24, 2.45) is 0 Å². The Labute approximate surface area is 135 Å². The molecule has 3 rings (SSSR count). The van der Waals surface area contributed by atoms with Crippen LogP contribution in [0.3, 0.4) is 0 Å². The molecule has 1 atom stereocenters. The lowest BCUT2D eigenvalue weighted by Gasteiger charge is -2.23. The van der Waals surface area contributed by atoms with Crippen LogP contribution in [0, 0.1) is 0 Å². The van der Waals surface area contributed by atoms with E-state index in [1.807, 2.05) is 12.1 Å². The molecule has 0 aromatic carbocycles. The first kappa shape index (κ1) is 15.4. The van der Waals surface area contributed by atoms with Crippen LogP contribution in [0.25, 0.3) is 0 Å². The number of piperidine rings is 1. The number of rotatable bonds is 5. The molecular formula is C17H20N4O2. The molecule has 0 radical (unpaired) electrons. The molecule has 1 saturated heterocycles. The van der Waals surface area contributed by atoms with Crippen molar-refractivity contribution in [2.75, 3.05) is 13.1 Å². The summed E-state index contributed by atoms with van der Waals surface area (Å²) in [5, 5.41) is 6.30. The highest BCUT2D eigenvalue weighted by atomic mass is 16.5. The van der Waals surface area contributed by atoms with Crippen molar-refractivity contribution in [1.82, 2.24) is 20.6 Å². The number of ether oxygens (including phenoxy) is 1. The Balaban J connectivity index is 1.65. The lowest BCUT2D eigenvalue weighted by Crippen LogP contribution is -2.45. The molecule has 2 aromatic heterocycles. The van der Waals surface area contributed by atoms with Crippen LogP contribution in [0.1, 0.15) is 28.9 Å². The van der Waals surface area contributed by atoms with Crippen LogP contribution in [0.4, 0.5) is 0 Å². The molecular weight excluding hydrogens is 292 g/mol. The van der Waals surface area contributed by atoms with E-state index in [4.69, 9.17) is 4.74 Å². The van der Waals surface area contributed by atoms with Crippen LogP contribution >= 0.6 is 0 Å². The van der Waals surface area contributed by atoms with E-state index in [1.165, 1.54) is 0 Å². The summed E-state index contributed by atoms with van der Waals surface area (Å²) in [4.78, 5) is 20.6. The maximum Gasteiger partial charge on any atom is 0.274 e. The number of carbonyl (C=O) groups excluding carboxylic acids is 1. The van der Waals surface area contributed by atoms with Crippen molar-refractivity contribution in [3.8, 4) is 5.75 Å². The van der Waals surface area contributed by atoms with E-state index < -0.39 is 0 Å². The van der Waals surface area contributed by atoms with Gasteiger partial charge in [-0.05, 0) is 49.2 Å². The number of pyridine rings is 2. The van der Waals surface area contributed by atoms with Crippen LogP contribution in [0.2, 0.25) is 0 Å². The molecule has 6 heteroatoms. The highest BCUT2D eigenvalue weighted by Gasteiger charge is 2.19. The molecule has 0 spiro atoms. The van der Waals surface area contributed by atoms with Crippen LogP contribution in [-0.2, 0) is 6.61 Å². The number of nitrogens with zero attached hydrogens (tertiary/aromatic N) is 2. The van der Waals surface area contributed by atoms with E-state index in [0.717, 1.165) is 31.5 Å². The summed E-state index contributed by atoms with van der Waals surface area (Å²) in [6.45, 7) is 2.18. The number of carbonyl (C=O) groups is 1. The fourth-order valence-electron chi connectivity index (χ4n) is 2.55. The minimum absolute atomic E-state index is 0.145. The minimum Gasteiger partial charge on any atom is -0.486 e. The highest BCUT2D eigenvalue weighted by Crippen LogP contribution is 2.17. The van der Waals surface area contributed by atoms with E-state index in [2.05, 4.69) is 20.6 Å². The number of hydrogen-bond donors (Lipinski definition) is 2. The Bertz CT molecular complexity index is 642. The zero-order chi connectivity index (χ0) is 15.9. The summed E-state index contributed by atoms with van der Waals surface area (Å²) in [5.74, 6) is 0.301. The first-order valence-corrected chi connectivity index (χ1v) is 7.81. The van der Waals surface area contributed by atoms with E-state index in [9.17, 15) is 4.79 Å². The Kier molecular flexibility index (Phi) is 5.16. The van der Waals surface area contributed by atoms with Gasteiger partial charge in [0.05, 0.1) is 0 Å². The summed E-state index contributed by atoms with van der Waals surface area (Å²) >= 11 is 0. The van der Waals surface area contributed by atoms with Gasteiger partial charge in [-0.2, -0.15) is 0 Å². The van der Waals surface area contributed by atoms with E-state index in [0.29, 0.717) is 18.1 Å². The van der Waals surface area contributed by atoms with Gasteiger partial charge in [-0.3, -0.25) is 9.78 Å². The predicted molar refractivity (Wildman–Crippen MR) is 86.2 cm³/mol. The second-order valence-corrected chi connectivity index (χ2v) is 5.51. The van der Waals surface area contributed by atoms with Crippen LogP contribution in [-0.4, -0.2) is 35.0 Å². The average Bonchev–Trinajstić information content (AvgIpc) is 2.62. The number of nitrogens with one attached hydrogen (secondary N) is 2. The summed E-state index contributed by atoms with van der Waals surface area (Å²) in [5.41, 5.74) is 1.32. The van der Waals surface area contributed by atoms with Gasteiger partial charge >= 0.3 is 0 Å². The third-order valence-electron chi connectivity index (χ3n) is 3.76. The molecule has 3 heterocycles. The first-order chi connectivity index (χ1) is 11.3. The zero-order valence-electron chi connectivity index (χ0n) is 12.9. The average molecular weight is 312 g/mol. The van der Waals surface area contributed by atoms with Crippen molar-refractivity contribution in [3.05, 3.63) is 54.1 Å². The molecule has 120 valence electrons. The Morgan fingerprint density at radius 3 is 2.96 bits per heavy atom. The van der Waals surface area contributed by atoms with Gasteiger partial charge in [0.25, 0.3) is 5.91 Å². The maximum absolute atomic E-state index is 12.5. The Morgan fingerprint density at radius 2 is 2.17 bits per heavy atom. The van der Waals surface area contributed by atoms with Gasteiger partial charge in [0, 0.05) is 31.2 Å². The SMILES string of the molecule is O=C(N[C@@H]1CCCNC1)c1ncccc1OCc1ccncc1. The highest BCUT2D eigenvalue weighted by molar-refractivity contribution is 5.95. The Hall–Kier alpha value is -2.47. The van der Waals surface area contributed by atoms with Crippen LogP contribution in [0.5, 0.6) is 5.75 Å². The second-order valence-electron chi connectivity index (χ2n) is 5.51. The van der Waals surface area contributed by atoms with Crippen molar-refractivity contribution in [3.63, 3.8) is 0 Å². The molecule has 1 amide bonds. The standard InChI is InChI=1S/C17H20N4O2/c22-17(21-14-3-1-7-19-11-14)16-15(4-2-8-20-16)23-12-13-5-9-18-10-6-13/h2,4-6,8-10,14,19H,1,3,7,11-12H2,(H,21,22)/t14-/m1/s1. The molecule has 23 heavy (non-hydrogen) atoms. The lowest BCUT2D eigenvalue weighted by atomic mass is 10.1. The fourth-order valence-corrected chi connectivity index (χ4v) is 2.55. The van der Waals surface area contributed by atoms with Gasteiger partial charge in [-0.15, -0.1) is 0 Å². The van der Waals surface area contributed by atoms with E-state index in [-0.39, 0.29) is 11.9 Å². The van der Waals surface area contributed by atoms with Crippen LogP contribution in [0.15, 0.2) is 42.9 Å². The molecule has 0 aliphatic carbocycles. The molecule has 0 saturated carbocycles. The quantitative estimate of drug-likeness (QED) is 0.876. The van der Waals surface area contributed by atoms with Gasteiger partial charge in [0.15, 0.2) is 11.4 Å². The molecule has 0 unspecified atom stereocenters. The molecule has 1 fully saturated rings. The summed E-state index contributed by atoms with van der Waals surface area (Å²) in [6.07, 6.45) is 7.09. The topological polar surface area (TPSA) is 76.1 Å². The number of amides is 1. The normalized spacial score (nSPS) is 17.5. The molecule has 0 bridgehead atoms. The summed E-state index contributed by atoms with van der Waals surface area (Å²) < 4.78 is 5.77. The monoisotopic (exact) mass is 312 g/mol. The van der Waals surface area contributed by atoms with Gasteiger partial charge in [0.1, 0.15) is 6.61 Å². The zero-order valence-corrected chi connectivity index (χ0v) is 12.9. The summed E-state index contributed by atoms with van der Waals surface area (Å²) in [7, 11) is 0. The molecule has 2 N–H and O–H groups in total. The minimum atomic E-state index is -0.191. The van der Waals surface area contributed by atoms with Crippen LogP contribution < -0.4 is 15.4 Å². The van der Waals surface area contributed by atoms with Crippen molar-refractivity contribution in [1.29, 1.82) is 0 Å². The fraction of sp³-hybridized carbons (Fsp3) is 0.353. The summed E-state index contributed by atoms with van der Waals surface area (Å²) in [6, 6.07) is 7.43. The third kappa shape index (κ3) is 4.26. The predicted octanol–water partition coefficient (Wildman–Crippen LogP) is 1.54. The van der Waals surface area contributed by atoms with Gasteiger partial charge in [-0.25, -0.2) is 4.98 Å². The van der Waals surface area contributed by atoms with Gasteiger partial charge < -0.3 is 15.4 Å². The second kappa shape index (κ2) is 7.69. The molecule has 1 aliphatic heterocycles. The third-order valence-corrected chi connectivity index (χ3v) is 3.76. The number of hydrogen-bond acceptors (Lipinski definition) is 5. The largest absolute Gasteiger partial charge is 0.486 e. The van der Waals surface area contributed by atoms with Crippen molar-refractivity contribution >= 4 is 5.91 Å². The molecule has 2 aromatic rings.